The van der Waals surface area contributed by atoms with Crippen molar-refractivity contribution in [2.75, 3.05) is 24.5 Å². The third kappa shape index (κ3) is 3.02. The van der Waals surface area contributed by atoms with Crippen molar-refractivity contribution in [3.8, 4) is 0 Å². The minimum absolute atomic E-state index is 0.611. The maximum absolute atomic E-state index is 4.18. The fourth-order valence-corrected chi connectivity index (χ4v) is 2.95. The Morgan fingerprint density at radius 1 is 1.56 bits per heavy atom. The Hall–Kier alpha value is -1.09. The molecule has 1 aromatic heterocycles. The van der Waals surface area contributed by atoms with Crippen molar-refractivity contribution in [3.05, 3.63) is 24.0 Å². The zero-order valence-electron chi connectivity index (χ0n) is 11.8. The Labute approximate surface area is 111 Å². The van der Waals surface area contributed by atoms with E-state index in [0.29, 0.717) is 6.04 Å². The first-order chi connectivity index (χ1) is 8.72. The van der Waals surface area contributed by atoms with Crippen LogP contribution < -0.4 is 10.2 Å². The quantitative estimate of drug-likeness (QED) is 0.886. The van der Waals surface area contributed by atoms with Crippen molar-refractivity contribution in [2.45, 2.75) is 39.7 Å². The molecule has 0 amide bonds. The van der Waals surface area contributed by atoms with E-state index < -0.39 is 0 Å². The predicted molar refractivity (Wildman–Crippen MR) is 77.0 cm³/mol. The highest BCUT2D eigenvalue weighted by molar-refractivity contribution is 5.51. The lowest BCUT2D eigenvalue weighted by Gasteiger charge is -2.38. The summed E-state index contributed by atoms with van der Waals surface area (Å²) in [6, 6.07) is 2.76. The summed E-state index contributed by atoms with van der Waals surface area (Å²) in [5, 5.41) is 3.56. The van der Waals surface area contributed by atoms with Crippen LogP contribution in [-0.4, -0.2) is 30.7 Å². The minimum Gasteiger partial charge on any atom is -0.371 e. The molecular formula is C15H25N3. The maximum Gasteiger partial charge on any atom is 0.0426 e. The molecule has 1 fully saturated rings. The Balaban J connectivity index is 2.05. The second-order valence-corrected chi connectivity index (χ2v) is 5.36. The monoisotopic (exact) mass is 247 g/mol. The van der Waals surface area contributed by atoms with E-state index in [2.05, 4.69) is 42.0 Å². The van der Waals surface area contributed by atoms with Crippen molar-refractivity contribution in [2.24, 2.45) is 5.92 Å². The van der Waals surface area contributed by atoms with E-state index in [1.54, 1.807) is 0 Å². The topological polar surface area (TPSA) is 28.2 Å². The van der Waals surface area contributed by atoms with Gasteiger partial charge in [-0.1, -0.05) is 6.92 Å². The van der Waals surface area contributed by atoms with Crippen LogP contribution in [0.25, 0.3) is 0 Å². The smallest absolute Gasteiger partial charge is 0.0426 e. The first-order valence-corrected chi connectivity index (χ1v) is 7.11. The summed E-state index contributed by atoms with van der Waals surface area (Å²) in [5.74, 6) is 0.756. The molecule has 1 aromatic rings. The van der Waals surface area contributed by atoms with Crippen LogP contribution in [0.1, 0.15) is 32.3 Å². The third-order valence-corrected chi connectivity index (χ3v) is 4.02. The number of nitrogens with zero attached hydrogens (tertiary/aromatic N) is 2. The number of nitrogens with one attached hydrogen (secondary N) is 1. The molecule has 100 valence electrons. The summed E-state index contributed by atoms with van der Waals surface area (Å²) >= 11 is 0. The highest BCUT2D eigenvalue weighted by Gasteiger charge is 2.24. The normalized spacial score (nSPS) is 21.9. The van der Waals surface area contributed by atoms with Crippen LogP contribution in [0.2, 0.25) is 0 Å². The van der Waals surface area contributed by atoms with Gasteiger partial charge in [0, 0.05) is 37.2 Å². The number of hydrogen-bond donors (Lipinski definition) is 1. The Morgan fingerprint density at radius 2 is 2.39 bits per heavy atom. The number of piperidine rings is 1. The summed E-state index contributed by atoms with van der Waals surface area (Å²) in [7, 11) is 0. The van der Waals surface area contributed by atoms with E-state index in [-0.39, 0.29) is 0 Å². The van der Waals surface area contributed by atoms with Crippen molar-refractivity contribution in [1.29, 1.82) is 0 Å². The number of pyridine rings is 1. The van der Waals surface area contributed by atoms with Crippen LogP contribution in [0.15, 0.2) is 18.5 Å². The molecule has 1 N–H and O–H groups in total. The van der Waals surface area contributed by atoms with Gasteiger partial charge >= 0.3 is 0 Å². The van der Waals surface area contributed by atoms with Crippen LogP contribution >= 0.6 is 0 Å². The Bertz CT molecular complexity index is 378. The lowest BCUT2D eigenvalue weighted by Crippen LogP contribution is -2.44. The summed E-state index contributed by atoms with van der Waals surface area (Å²) in [4.78, 5) is 6.71. The van der Waals surface area contributed by atoms with Gasteiger partial charge in [-0.25, -0.2) is 0 Å². The van der Waals surface area contributed by atoms with Crippen LogP contribution in [0.5, 0.6) is 0 Å². The van der Waals surface area contributed by atoms with E-state index in [9.17, 15) is 0 Å². The zero-order chi connectivity index (χ0) is 13.0. The van der Waals surface area contributed by atoms with Crippen LogP contribution in [0.3, 0.4) is 0 Å². The van der Waals surface area contributed by atoms with Crippen molar-refractivity contribution >= 4 is 5.69 Å². The molecule has 0 spiro atoms. The lowest BCUT2D eigenvalue weighted by molar-refractivity contribution is 0.324. The fourth-order valence-electron chi connectivity index (χ4n) is 2.95. The van der Waals surface area contributed by atoms with Crippen molar-refractivity contribution in [1.82, 2.24) is 10.3 Å². The van der Waals surface area contributed by atoms with Gasteiger partial charge in [-0.3, -0.25) is 4.98 Å². The van der Waals surface area contributed by atoms with Crippen molar-refractivity contribution in [3.63, 3.8) is 0 Å². The Kier molecular flexibility index (Phi) is 4.59. The molecular weight excluding hydrogens is 222 g/mol. The highest BCUT2D eigenvalue weighted by atomic mass is 15.1. The first-order valence-electron chi connectivity index (χ1n) is 7.11. The molecule has 0 aliphatic carbocycles. The third-order valence-electron chi connectivity index (χ3n) is 4.02. The van der Waals surface area contributed by atoms with E-state index in [1.165, 1.54) is 37.2 Å². The molecule has 0 bridgehead atoms. The van der Waals surface area contributed by atoms with Crippen LogP contribution in [0.4, 0.5) is 5.69 Å². The van der Waals surface area contributed by atoms with Gasteiger partial charge in [0.05, 0.1) is 0 Å². The molecule has 1 aliphatic heterocycles. The second-order valence-electron chi connectivity index (χ2n) is 5.36. The summed E-state index contributed by atoms with van der Waals surface area (Å²) in [6.45, 7) is 10.1. The molecule has 3 nitrogen and oxygen atoms in total. The first kappa shape index (κ1) is 13.3. The summed E-state index contributed by atoms with van der Waals surface area (Å²) in [5.41, 5.74) is 2.65. The zero-order valence-corrected chi connectivity index (χ0v) is 11.8. The maximum atomic E-state index is 4.18. The molecule has 0 aromatic carbocycles. The van der Waals surface area contributed by atoms with Gasteiger partial charge in [0.25, 0.3) is 0 Å². The van der Waals surface area contributed by atoms with Gasteiger partial charge in [0.15, 0.2) is 0 Å². The van der Waals surface area contributed by atoms with Gasteiger partial charge in [0.1, 0.15) is 0 Å². The van der Waals surface area contributed by atoms with Gasteiger partial charge < -0.3 is 10.2 Å². The molecule has 2 rings (SSSR count). The Morgan fingerprint density at radius 3 is 3.11 bits per heavy atom. The minimum atomic E-state index is 0.611. The van der Waals surface area contributed by atoms with E-state index in [0.717, 1.165) is 12.5 Å². The number of hydrogen-bond acceptors (Lipinski definition) is 3. The average Bonchev–Trinajstić information content (AvgIpc) is 2.40. The molecule has 2 unspecified atom stereocenters. The molecule has 0 radical (unpaired) electrons. The van der Waals surface area contributed by atoms with Gasteiger partial charge in [-0.2, -0.15) is 0 Å². The van der Waals surface area contributed by atoms with Gasteiger partial charge in [0.2, 0.25) is 0 Å². The standard InChI is InChI=1S/C15H25N3/c1-4-17-13(3)14-6-5-9-18(11-14)15-7-8-16-10-12(15)2/h7-8,10,13-14,17H,4-6,9,11H2,1-3H3. The van der Waals surface area contributed by atoms with Crippen LogP contribution in [-0.2, 0) is 0 Å². The molecule has 1 aliphatic rings. The number of aromatic nitrogens is 1. The largest absolute Gasteiger partial charge is 0.371 e. The lowest BCUT2D eigenvalue weighted by atomic mass is 9.91. The molecule has 18 heavy (non-hydrogen) atoms. The number of rotatable bonds is 4. The number of anilines is 1. The van der Waals surface area contributed by atoms with Gasteiger partial charge in [-0.05, 0) is 50.8 Å². The number of aryl methyl sites for hydroxylation is 1. The van der Waals surface area contributed by atoms with Crippen molar-refractivity contribution < 1.29 is 0 Å². The predicted octanol–water partition coefficient (Wildman–Crippen LogP) is 2.60. The molecule has 2 heterocycles. The molecule has 3 heteroatoms. The summed E-state index contributed by atoms with van der Waals surface area (Å²) < 4.78 is 0. The van der Waals surface area contributed by atoms with Crippen LogP contribution in [0, 0.1) is 12.8 Å². The van der Waals surface area contributed by atoms with E-state index in [4.69, 9.17) is 0 Å². The highest BCUT2D eigenvalue weighted by Crippen LogP contribution is 2.26. The van der Waals surface area contributed by atoms with E-state index >= 15 is 0 Å². The molecule has 2 atom stereocenters. The SMILES string of the molecule is CCNC(C)C1CCCN(c2ccncc2C)C1. The van der Waals surface area contributed by atoms with Gasteiger partial charge in [-0.15, -0.1) is 0 Å². The average molecular weight is 247 g/mol. The molecule has 0 saturated carbocycles. The second kappa shape index (κ2) is 6.19. The summed E-state index contributed by atoms with van der Waals surface area (Å²) in [6.07, 6.45) is 6.50. The molecule has 1 saturated heterocycles. The fraction of sp³-hybridized carbons (Fsp3) is 0.667. The van der Waals surface area contributed by atoms with E-state index in [1.807, 2.05) is 12.4 Å².